The second-order valence-electron chi connectivity index (χ2n) is 12.0. The Bertz CT molecular complexity index is 656. The summed E-state index contributed by atoms with van der Waals surface area (Å²) in [5.41, 5.74) is 0. The van der Waals surface area contributed by atoms with Crippen molar-refractivity contribution in [2.45, 2.75) is 135 Å². The Morgan fingerprint density at radius 1 is 0.875 bits per heavy atom. The Morgan fingerprint density at radius 2 is 1.43 bits per heavy atom. The van der Waals surface area contributed by atoms with Crippen LogP contribution < -0.4 is 5.32 Å². The van der Waals surface area contributed by atoms with Gasteiger partial charge in [-0.25, -0.2) is 4.79 Å². The SMILES string of the molecule is CCCCCCCCCCCCCCCCCCN(C=O)C1CC(OC)=CCC1COC(=O)NCCCN(C)C. The zero-order valence-electron chi connectivity index (χ0n) is 26.6. The molecular weight excluding hydrogens is 502 g/mol. The number of unbranched alkanes of at least 4 members (excludes halogenated alkanes) is 15. The molecule has 40 heavy (non-hydrogen) atoms. The lowest BCUT2D eigenvalue weighted by Crippen LogP contribution is -2.44. The zero-order chi connectivity index (χ0) is 29.3. The third kappa shape index (κ3) is 18.6. The summed E-state index contributed by atoms with van der Waals surface area (Å²) in [5, 5.41) is 2.83. The van der Waals surface area contributed by atoms with E-state index < -0.39 is 0 Å². The van der Waals surface area contributed by atoms with Crippen LogP contribution in [0, 0.1) is 5.92 Å². The van der Waals surface area contributed by atoms with Crippen molar-refractivity contribution in [3.8, 4) is 0 Å². The number of rotatable bonds is 26. The van der Waals surface area contributed by atoms with E-state index in [1.54, 1.807) is 7.11 Å². The maximum absolute atomic E-state index is 12.2. The minimum Gasteiger partial charge on any atom is -0.501 e. The number of amides is 2. The third-order valence-corrected chi connectivity index (χ3v) is 8.18. The van der Waals surface area contributed by atoms with Gasteiger partial charge in [0.05, 0.1) is 19.5 Å². The molecule has 234 valence electrons. The van der Waals surface area contributed by atoms with Crippen molar-refractivity contribution in [2.24, 2.45) is 5.92 Å². The van der Waals surface area contributed by atoms with Crippen molar-refractivity contribution in [1.82, 2.24) is 15.1 Å². The summed E-state index contributed by atoms with van der Waals surface area (Å²) in [6.07, 6.45) is 26.4. The maximum atomic E-state index is 12.2. The van der Waals surface area contributed by atoms with Crippen molar-refractivity contribution in [3.63, 3.8) is 0 Å². The van der Waals surface area contributed by atoms with E-state index in [2.05, 4.69) is 23.2 Å². The molecule has 0 saturated heterocycles. The number of carbonyl (C=O) groups is 2. The molecule has 1 rings (SSSR count). The van der Waals surface area contributed by atoms with Crippen LogP contribution in [0.25, 0.3) is 0 Å². The predicted octanol–water partition coefficient (Wildman–Crippen LogP) is 7.69. The van der Waals surface area contributed by atoms with E-state index in [9.17, 15) is 9.59 Å². The molecule has 1 N–H and O–H groups in total. The van der Waals surface area contributed by atoms with Gasteiger partial charge < -0.3 is 24.6 Å². The number of ether oxygens (including phenoxy) is 2. The summed E-state index contributed by atoms with van der Waals surface area (Å²) < 4.78 is 11.0. The van der Waals surface area contributed by atoms with E-state index in [-0.39, 0.29) is 18.1 Å². The molecular formula is C33H63N3O4. The molecule has 0 bridgehead atoms. The van der Waals surface area contributed by atoms with E-state index in [0.717, 1.165) is 50.9 Å². The Hall–Kier alpha value is -1.76. The quantitative estimate of drug-likeness (QED) is 0.0860. The van der Waals surface area contributed by atoms with Crippen molar-refractivity contribution in [2.75, 3.05) is 47.4 Å². The molecule has 0 aliphatic heterocycles. The number of hydrogen-bond donors (Lipinski definition) is 1. The van der Waals surface area contributed by atoms with Crippen LogP contribution in [-0.4, -0.2) is 75.8 Å². The van der Waals surface area contributed by atoms with Gasteiger partial charge in [-0.05, 0) is 46.0 Å². The van der Waals surface area contributed by atoms with Gasteiger partial charge in [-0.1, -0.05) is 103 Å². The Labute approximate surface area is 246 Å². The molecule has 0 aromatic carbocycles. The summed E-state index contributed by atoms with van der Waals surface area (Å²) in [6.45, 7) is 4.85. The van der Waals surface area contributed by atoms with Crippen molar-refractivity contribution >= 4 is 12.5 Å². The molecule has 0 aromatic rings. The molecule has 1 aliphatic carbocycles. The number of methoxy groups -OCH3 is 1. The lowest BCUT2D eigenvalue weighted by Gasteiger charge is -2.37. The topological polar surface area (TPSA) is 71.1 Å². The van der Waals surface area contributed by atoms with Crippen molar-refractivity contribution < 1.29 is 19.1 Å². The summed E-state index contributed by atoms with van der Waals surface area (Å²) in [5.74, 6) is 0.992. The number of alkyl carbamates (subject to hydrolysis) is 1. The molecule has 0 heterocycles. The van der Waals surface area contributed by atoms with Gasteiger partial charge in [0.1, 0.15) is 0 Å². The molecule has 0 radical (unpaired) electrons. The van der Waals surface area contributed by atoms with E-state index in [1.165, 1.54) is 89.9 Å². The van der Waals surface area contributed by atoms with Gasteiger partial charge in [-0.3, -0.25) is 4.79 Å². The number of nitrogens with zero attached hydrogens (tertiary/aromatic N) is 2. The highest BCUT2D eigenvalue weighted by Gasteiger charge is 2.31. The first-order valence-electron chi connectivity index (χ1n) is 16.5. The normalized spacial score (nSPS) is 17.0. The highest BCUT2D eigenvalue weighted by molar-refractivity contribution is 5.67. The molecule has 7 nitrogen and oxygen atoms in total. The highest BCUT2D eigenvalue weighted by atomic mass is 16.5. The molecule has 2 amide bonds. The average molecular weight is 566 g/mol. The summed E-state index contributed by atoms with van der Waals surface area (Å²) >= 11 is 0. The number of nitrogens with one attached hydrogen (secondary N) is 1. The summed E-state index contributed by atoms with van der Waals surface area (Å²) in [7, 11) is 5.71. The van der Waals surface area contributed by atoms with Gasteiger partial charge >= 0.3 is 6.09 Å². The average Bonchev–Trinajstić information content (AvgIpc) is 2.96. The first-order chi connectivity index (χ1) is 19.5. The van der Waals surface area contributed by atoms with Crippen LogP contribution in [0.15, 0.2) is 11.8 Å². The van der Waals surface area contributed by atoms with Crippen molar-refractivity contribution in [3.05, 3.63) is 11.8 Å². The number of carbonyl (C=O) groups excluding carboxylic acids is 2. The maximum Gasteiger partial charge on any atom is 0.407 e. The molecule has 0 spiro atoms. The van der Waals surface area contributed by atoms with Crippen LogP contribution >= 0.6 is 0 Å². The predicted molar refractivity (Wildman–Crippen MR) is 166 cm³/mol. The lowest BCUT2D eigenvalue weighted by molar-refractivity contribution is -0.122. The lowest BCUT2D eigenvalue weighted by atomic mass is 9.87. The molecule has 0 aromatic heterocycles. The van der Waals surface area contributed by atoms with Gasteiger partial charge in [0.25, 0.3) is 0 Å². The first kappa shape index (κ1) is 36.3. The van der Waals surface area contributed by atoms with Gasteiger partial charge in [-0.2, -0.15) is 0 Å². The second kappa shape index (κ2) is 25.0. The van der Waals surface area contributed by atoms with Gasteiger partial charge in [0, 0.05) is 31.5 Å². The minimum absolute atomic E-state index is 0.00432. The van der Waals surface area contributed by atoms with E-state index in [4.69, 9.17) is 9.47 Å². The van der Waals surface area contributed by atoms with Gasteiger partial charge in [0.15, 0.2) is 0 Å². The van der Waals surface area contributed by atoms with Crippen LogP contribution in [0.5, 0.6) is 0 Å². The molecule has 2 unspecified atom stereocenters. The van der Waals surface area contributed by atoms with Gasteiger partial charge in [0.2, 0.25) is 6.41 Å². The standard InChI is InChI=1S/C33H63N3O4/c1-5-6-7-8-9-10-11-12-13-14-15-16-17-18-19-20-26-36(29-37)32-27-31(39-4)23-22-30(32)28-40-33(38)34-24-21-25-35(2)3/h23,29-30,32H,5-22,24-28H2,1-4H3,(H,34,38). The third-order valence-electron chi connectivity index (χ3n) is 8.18. The fourth-order valence-electron chi connectivity index (χ4n) is 5.59. The second-order valence-corrected chi connectivity index (χ2v) is 12.0. The van der Waals surface area contributed by atoms with Crippen molar-refractivity contribution in [1.29, 1.82) is 0 Å². The van der Waals surface area contributed by atoms with Crippen LogP contribution in [0.2, 0.25) is 0 Å². The first-order valence-corrected chi connectivity index (χ1v) is 16.5. The zero-order valence-corrected chi connectivity index (χ0v) is 26.6. The Morgan fingerprint density at radius 3 is 1.93 bits per heavy atom. The summed E-state index contributed by atoms with van der Waals surface area (Å²) in [6, 6.07) is -0.00432. The molecule has 7 heteroatoms. The smallest absolute Gasteiger partial charge is 0.407 e. The van der Waals surface area contributed by atoms with Gasteiger partial charge in [-0.15, -0.1) is 0 Å². The monoisotopic (exact) mass is 565 g/mol. The highest BCUT2D eigenvalue weighted by Crippen LogP contribution is 2.29. The largest absolute Gasteiger partial charge is 0.501 e. The van der Waals surface area contributed by atoms with E-state index >= 15 is 0 Å². The van der Waals surface area contributed by atoms with E-state index in [1.807, 2.05) is 19.0 Å². The van der Waals surface area contributed by atoms with Crippen LogP contribution in [0.1, 0.15) is 129 Å². The molecule has 0 saturated carbocycles. The fraction of sp³-hybridized carbons (Fsp3) is 0.879. The van der Waals surface area contributed by atoms with Crippen LogP contribution in [-0.2, 0) is 14.3 Å². The number of hydrogen-bond acceptors (Lipinski definition) is 5. The Balaban J connectivity index is 2.20. The minimum atomic E-state index is -0.380. The molecule has 2 atom stereocenters. The van der Waals surface area contributed by atoms with E-state index in [0.29, 0.717) is 19.6 Å². The van der Waals surface area contributed by atoms with Crippen LogP contribution in [0.4, 0.5) is 4.79 Å². The summed E-state index contributed by atoms with van der Waals surface area (Å²) in [4.78, 5) is 28.2. The molecule has 0 fully saturated rings. The number of allylic oxidation sites excluding steroid dienone is 1. The fourth-order valence-corrected chi connectivity index (χ4v) is 5.59. The Kier molecular flexibility index (Phi) is 22.7. The van der Waals surface area contributed by atoms with Crippen LogP contribution in [0.3, 0.4) is 0 Å². The molecule has 1 aliphatic rings.